The molecule has 0 aliphatic carbocycles. The summed E-state index contributed by atoms with van der Waals surface area (Å²) in [6.45, 7) is 0.0138. The minimum atomic E-state index is -4.40. The molecule has 6 nitrogen and oxygen atoms in total. The fraction of sp³-hybridized carbons (Fsp3) is 0.125. The molecule has 0 unspecified atom stereocenters. The zero-order valence-corrected chi connectivity index (χ0v) is 12.6. The number of ether oxygens (including phenoxy) is 1. The van der Waals surface area contributed by atoms with E-state index >= 15 is 0 Å². The van der Waals surface area contributed by atoms with Gasteiger partial charge in [0.25, 0.3) is 0 Å². The van der Waals surface area contributed by atoms with Crippen molar-refractivity contribution >= 4 is 0 Å². The van der Waals surface area contributed by atoms with E-state index in [0.717, 1.165) is 12.1 Å². The summed E-state index contributed by atoms with van der Waals surface area (Å²) in [7, 11) is 0. The van der Waals surface area contributed by atoms with Crippen molar-refractivity contribution in [3.05, 3.63) is 65.5 Å². The molecule has 0 aliphatic heterocycles. The average Bonchev–Trinajstić information content (AvgIpc) is 3.08. The standard InChI is InChI=1S/C16H10F3N5O/c17-16(18,19)12-3-5-13(6-4-12)24-15(21-22-23-24)10-25-14-7-1-11(9-20)2-8-14/h1-8H,10H2. The highest BCUT2D eigenvalue weighted by Gasteiger charge is 2.30. The Bertz CT molecular complexity index is 895. The fourth-order valence-corrected chi connectivity index (χ4v) is 2.06. The van der Waals surface area contributed by atoms with Gasteiger partial charge >= 0.3 is 6.18 Å². The molecule has 0 atom stereocenters. The van der Waals surface area contributed by atoms with Gasteiger partial charge in [-0.25, -0.2) is 0 Å². The first-order valence-corrected chi connectivity index (χ1v) is 7.05. The van der Waals surface area contributed by atoms with Crippen LogP contribution in [0.15, 0.2) is 48.5 Å². The minimum Gasteiger partial charge on any atom is -0.486 e. The Hall–Kier alpha value is -3.41. The molecular formula is C16H10F3N5O. The van der Waals surface area contributed by atoms with Gasteiger partial charge in [-0.2, -0.15) is 23.1 Å². The van der Waals surface area contributed by atoms with Crippen LogP contribution in [0, 0.1) is 11.3 Å². The van der Waals surface area contributed by atoms with Crippen molar-refractivity contribution in [1.82, 2.24) is 20.2 Å². The van der Waals surface area contributed by atoms with E-state index in [0.29, 0.717) is 22.8 Å². The van der Waals surface area contributed by atoms with Gasteiger partial charge < -0.3 is 4.74 Å². The lowest BCUT2D eigenvalue weighted by atomic mass is 10.2. The molecule has 1 heterocycles. The first kappa shape index (κ1) is 16.4. The van der Waals surface area contributed by atoms with Gasteiger partial charge in [-0.05, 0) is 59.0 Å². The number of tetrazole rings is 1. The number of rotatable bonds is 4. The van der Waals surface area contributed by atoms with Gasteiger partial charge in [0.05, 0.1) is 22.9 Å². The minimum absolute atomic E-state index is 0.0138. The van der Waals surface area contributed by atoms with Crippen molar-refractivity contribution in [3.8, 4) is 17.5 Å². The maximum absolute atomic E-state index is 12.6. The van der Waals surface area contributed by atoms with Gasteiger partial charge in [0, 0.05) is 0 Å². The van der Waals surface area contributed by atoms with Crippen LogP contribution < -0.4 is 4.74 Å². The van der Waals surface area contributed by atoms with Gasteiger partial charge in [0.1, 0.15) is 12.4 Å². The largest absolute Gasteiger partial charge is 0.486 e. The van der Waals surface area contributed by atoms with Gasteiger partial charge in [-0.15, -0.1) is 5.10 Å². The zero-order valence-electron chi connectivity index (χ0n) is 12.6. The van der Waals surface area contributed by atoms with E-state index in [4.69, 9.17) is 10.00 Å². The SMILES string of the molecule is N#Cc1ccc(OCc2nnnn2-c2ccc(C(F)(F)F)cc2)cc1. The van der Waals surface area contributed by atoms with Gasteiger partial charge in [0.15, 0.2) is 5.82 Å². The highest BCUT2D eigenvalue weighted by molar-refractivity contribution is 5.36. The molecule has 3 rings (SSSR count). The summed E-state index contributed by atoms with van der Waals surface area (Å²) in [4.78, 5) is 0. The van der Waals surface area contributed by atoms with E-state index in [9.17, 15) is 13.2 Å². The molecule has 0 amide bonds. The monoisotopic (exact) mass is 345 g/mol. The lowest BCUT2D eigenvalue weighted by molar-refractivity contribution is -0.137. The molecule has 0 fully saturated rings. The van der Waals surface area contributed by atoms with Crippen LogP contribution in [0.4, 0.5) is 13.2 Å². The Morgan fingerprint density at radius 2 is 1.72 bits per heavy atom. The Labute approximate surface area is 140 Å². The third-order valence-electron chi connectivity index (χ3n) is 3.32. The molecule has 0 aliphatic rings. The molecule has 126 valence electrons. The fourth-order valence-electron chi connectivity index (χ4n) is 2.06. The molecule has 25 heavy (non-hydrogen) atoms. The lowest BCUT2D eigenvalue weighted by Gasteiger charge is -2.09. The van der Waals surface area contributed by atoms with Crippen molar-refractivity contribution in [2.45, 2.75) is 12.8 Å². The smallest absolute Gasteiger partial charge is 0.416 e. The second-order valence-electron chi connectivity index (χ2n) is 4.98. The van der Waals surface area contributed by atoms with Crippen molar-refractivity contribution in [2.24, 2.45) is 0 Å². The predicted octanol–water partition coefficient (Wildman–Crippen LogP) is 3.13. The molecule has 0 saturated heterocycles. The van der Waals surface area contributed by atoms with Crippen LogP contribution in [0.25, 0.3) is 5.69 Å². The first-order chi connectivity index (χ1) is 12.0. The number of hydrogen-bond acceptors (Lipinski definition) is 5. The summed E-state index contributed by atoms with van der Waals surface area (Å²) in [5.41, 5.74) is 0.137. The van der Waals surface area contributed by atoms with Crippen molar-refractivity contribution < 1.29 is 17.9 Å². The van der Waals surface area contributed by atoms with Crippen LogP contribution in [-0.4, -0.2) is 20.2 Å². The number of alkyl halides is 3. The van der Waals surface area contributed by atoms with Crippen molar-refractivity contribution in [3.63, 3.8) is 0 Å². The van der Waals surface area contributed by atoms with Crippen LogP contribution in [0.2, 0.25) is 0 Å². The molecule has 0 radical (unpaired) electrons. The average molecular weight is 345 g/mol. The Morgan fingerprint density at radius 3 is 2.32 bits per heavy atom. The summed E-state index contributed by atoms with van der Waals surface area (Å²) in [6, 6.07) is 13.0. The predicted molar refractivity (Wildman–Crippen MR) is 79.6 cm³/mol. The van der Waals surface area contributed by atoms with Crippen LogP contribution in [0.5, 0.6) is 5.75 Å². The number of benzene rings is 2. The lowest BCUT2D eigenvalue weighted by Crippen LogP contribution is -2.08. The molecule has 9 heteroatoms. The summed E-state index contributed by atoms with van der Waals surface area (Å²) in [5, 5.41) is 19.9. The number of aromatic nitrogens is 4. The van der Waals surface area contributed by atoms with Crippen LogP contribution >= 0.6 is 0 Å². The summed E-state index contributed by atoms with van der Waals surface area (Å²) >= 11 is 0. The highest BCUT2D eigenvalue weighted by atomic mass is 19.4. The van der Waals surface area contributed by atoms with Crippen LogP contribution in [0.3, 0.4) is 0 Å². The quantitative estimate of drug-likeness (QED) is 0.726. The van der Waals surface area contributed by atoms with Crippen molar-refractivity contribution in [1.29, 1.82) is 5.26 Å². The molecule has 2 aromatic carbocycles. The number of halogens is 3. The topological polar surface area (TPSA) is 76.6 Å². The Balaban J connectivity index is 1.75. The molecule has 1 aromatic heterocycles. The third kappa shape index (κ3) is 3.74. The molecule has 3 aromatic rings. The van der Waals surface area contributed by atoms with Gasteiger partial charge in [-0.1, -0.05) is 0 Å². The normalized spacial score (nSPS) is 11.1. The maximum Gasteiger partial charge on any atom is 0.416 e. The van der Waals surface area contributed by atoms with E-state index in [1.807, 2.05) is 6.07 Å². The second kappa shape index (κ2) is 6.60. The van der Waals surface area contributed by atoms with E-state index in [-0.39, 0.29) is 6.61 Å². The Morgan fingerprint density at radius 1 is 1.04 bits per heavy atom. The van der Waals surface area contributed by atoms with Crippen LogP contribution in [0.1, 0.15) is 17.0 Å². The van der Waals surface area contributed by atoms with Crippen molar-refractivity contribution in [2.75, 3.05) is 0 Å². The van der Waals surface area contributed by atoms with E-state index in [1.54, 1.807) is 24.3 Å². The van der Waals surface area contributed by atoms with Gasteiger partial charge in [-0.3, -0.25) is 0 Å². The highest BCUT2D eigenvalue weighted by Crippen LogP contribution is 2.29. The molecular weight excluding hydrogens is 335 g/mol. The number of nitriles is 1. The maximum atomic E-state index is 12.6. The van der Waals surface area contributed by atoms with Gasteiger partial charge in [0.2, 0.25) is 0 Å². The molecule has 0 N–H and O–H groups in total. The molecule has 0 bridgehead atoms. The van der Waals surface area contributed by atoms with E-state index in [2.05, 4.69) is 15.5 Å². The van der Waals surface area contributed by atoms with Crippen LogP contribution in [-0.2, 0) is 12.8 Å². The summed E-state index contributed by atoms with van der Waals surface area (Å²) in [5.74, 6) is 0.838. The van der Waals surface area contributed by atoms with E-state index < -0.39 is 11.7 Å². The Kier molecular flexibility index (Phi) is 4.35. The molecule has 0 spiro atoms. The van der Waals surface area contributed by atoms with E-state index in [1.165, 1.54) is 16.8 Å². The summed E-state index contributed by atoms with van der Waals surface area (Å²) in [6.07, 6.45) is -4.40. The number of hydrogen-bond donors (Lipinski definition) is 0. The number of nitrogens with zero attached hydrogens (tertiary/aromatic N) is 5. The molecule has 0 saturated carbocycles. The second-order valence-corrected chi connectivity index (χ2v) is 4.98. The first-order valence-electron chi connectivity index (χ1n) is 7.05. The summed E-state index contributed by atoms with van der Waals surface area (Å²) < 4.78 is 44.7. The third-order valence-corrected chi connectivity index (χ3v) is 3.32. The zero-order chi connectivity index (χ0) is 17.9.